The highest BCUT2D eigenvalue weighted by Gasteiger charge is 2.24. The molecule has 3 aromatic rings. The number of methoxy groups -OCH3 is 1. The average Bonchev–Trinajstić information content (AvgIpc) is 3.59. The van der Waals surface area contributed by atoms with Gasteiger partial charge in [-0.15, -0.1) is 11.3 Å². The number of nitro benzene ring substituents is 1. The van der Waals surface area contributed by atoms with Gasteiger partial charge >= 0.3 is 0 Å². The number of rotatable bonds is 7. The lowest BCUT2D eigenvalue weighted by Gasteiger charge is -2.18. The number of benzene rings is 2. The normalized spacial score (nSPS) is 12.6. The Morgan fingerprint density at radius 3 is 2.53 bits per heavy atom. The first-order valence-corrected chi connectivity index (χ1v) is 12.3. The molecule has 0 saturated carbocycles. The molecule has 4 rings (SSSR count). The molecule has 0 atom stereocenters. The smallest absolute Gasteiger partial charge is 0.293 e. The van der Waals surface area contributed by atoms with E-state index in [4.69, 9.17) is 17.0 Å². The predicted octanol–water partition coefficient (Wildman–Crippen LogP) is 4.64. The van der Waals surface area contributed by atoms with Crippen molar-refractivity contribution in [3.05, 3.63) is 74.5 Å². The molecule has 2 heterocycles. The van der Waals surface area contributed by atoms with E-state index < -0.39 is 10.8 Å². The van der Waals surface area contributed by atoms with E-state index in [9.17, 15) is 19.7 Å². The van der Waals surface area contributed by atoms with Crippen molar-refractivity contribution < 1.29 is 19.2 Å². The number of thiophene rings is 1. The molecule has 2 amide bonds. The van der Waals surface area contributed by atoms with E-state index in [1.807, 2.05) is 10.3 Å². The Bertz CT molecular complexity index is 1310. The van der Waals surface area contributed by atoms with Crippen LogP contribution in [0.4, 0.5) is 22.7 Å². The van der Waals surface area contributed by atoms with Crippen molar-refractivity contribution in [2.45, 2.75) is 12.8 Å². The number of nitrogens with one attached hydrogen (secondary N) is 3. The second-order valence-electron chi connectivity index (χ2n) is 7.91. The summed E-state index contributed by atoms with van der Waals surface area (Å²) in [4.78, 5) is 38.7. The highest BCUT2D eigenvalue weighted by Crippen LogP contribution is 2.32. The zero-order chi connectivity index (χ0) is 25.7. The second-order valence-corrected chi connectivity index (χ2v) is 9.27. The van der Waals surface area contributed by atoms with Gasteiger partial charge in [-0.05, 0) is 60.8 Å². The van der Waals surface area contributed by atoms with Crippen molar-refractivity contribution in [3.63, 3.8) is 0 Å². The third-order valence-electron chi connectivity index (χ3n) is 5.56. The molecule has 1 aromatic heterocycles. The summed E-state index contributed by atoms with van der Waals surface area (Å²) in [7, 11) is 1.47. The van der Waals surface area contributed by atoms with Gasteiger partial charge in [-0.25, -0.2) is 0 Å². The van der Waals surface area contributed by atoms with Crippen LogP contribution in [-0.4, -0.2) is 42.0 Å². The second kappa shape index (κ2) is 11.1. The van der Waals surface area contributed by atoms with Gasteiger partial charge in [0.05, 0.1) is 22.6 Å². The molecule has 1 aliphatic rings. The van der Waals surface area contributed by atoms with Crippen LogP contribution in [0.25, 0.3) is 0 Å². The Kier molecular flexibility index (Phi) is 7.76. The van der Waals surface area contributed by atoms with Gasteiger partial charge in [0.1, 0.15) is 11.4 Å². The maximum atomic E-state index is 12.7. The first-order chi connectivity index (χ1) is 17.4. The Morgan fingerprint density at radius 1 is 1.08 bits per heavy atom. The van der Waals surface area contributed by atoms with Crippen LogP contribution >= 0.6 is 23.6 Å². The van der Waals surface area contributed by atoms with E-state index in [-0.39, 0.29) is 22.3 Å². The SMILES string of the molecule is COc1cc(NC(=S)NC(=O)c2ccc(N3CCCC3)c([N+](=O)[O-])c2)ccc1NC(=O)c1cccs1. The largest absolute Gasteiger partial charge is 0.494 e. The Labute approximate surface area is 216 Å². The fraction of sp³-hybridized carbons (Fsp3) is 0.208. The standard InChI is InChI=1S/C24H23N5O5S2/c1-34-20-14-16(7-8-17(20)26-23(31)21-5-4-12-36-21)25-24(35)27-22(30)15-6-9-18(19(13-15)29(32)33)28-10-2-3-11-28/h4-9,12-14H,2-3,10-11H2,1H3,(H,26,31)(H2,25,27,30,35). The van der Waals surface area contributed by atoms with Crippen molar-refractivity contribution in [2.75, 3.05) is 35.7 Å². The highest BCUT2D eigenvalue weighted by molar-refractivity contribution is 7.80. The Hall–Kier alpha value is -4.03. The first-order valence-electron chi connectivity index (χ1n) is 11.0. The van der Waals surface area contributed by atoms with E-state index in [2.05, 4.69) is 16.0 Å². The van der Waals surface area contributed by atoms with Gasteiger partial charge < -0.3 is 20.3 Å². The van der Waals surface area contributed by atoms with E-state index in [1.54, 1.807) is 42.5 Å². The Balaban J connectivity index is 1.42. The summed E-state index contributed by atoms with van der Waals surface area (Å²) < 4.78 is 5.38. The maximum absolute atomic E-state index is 12.7. The van der Waals surface area contributed by atoms with Crippen molar-refractivity contribution in [1.82, 2.24) is 5.32 Å². The van der Waals surface area contributed by atoms with Crippen LogP contribution < -0.4 is 25.6 Å². The number of hydrogen-bond donors (Lipinski definition) is 3. The number of carbonyl (C=O) groups excluding carboxylic acids is 2. The quantitative estimate of drug-likeness (QED) is 0.231. The summed E-state index contributed by atoms with van der Waals surface area (Å²) >= 11 is 6.58. The van der Waals surface area contributed by atoms with E-state index in [0.29, 0.717) is 27.7 Å². The summed E-state index contributed by atoms with van der Waals surface area (Å²) in [6.45, 7) is 1.50. The van der Waals surface area contributed by atoms with Crippen LogP contribution in [-0.2, 0) is 0 Å². The number of amides is 2. The van der Waals surface area contributed by atoms with E-state index in [1.165, 1.54) is 24.5 Å². The molecular weight excluding hydrogens is 502 g/mol. The molecule has 1 fully saturated rings. The summed E-state index contributed by atoms with van der Waals surface area (Å²) in [6, 6.07) is 12.9. The molecule has 12 heteroatoms. The lowest BCUT2D eigenvalue weighted by atomic mass is 10.1. The minimum absolute atomic E-state index is 0.00342. The number of anilines is 3. The highest BCUT2D eigenvalue weighted by atomic mass is 32.1. The fourth-order valence-corrected chi connectivity index (χ4v) is 4.67. The summed E-state index contributed by atoms with van der Waals surface area (Å²) in [6.07, 6.45) is 1.96. The number of ether oxygens (including phenoxy) is 1. The Morgan fingerprint density at radius 2 is 1.86 bits per heavy atom. The van der Waals surface area contributed by atoms with Crippen molar-refractivity contribution >= 4 is 63.2 Å². The first kappa shape index (κ1) is 25.1. The molecule has 36 heavy (non-hydrogen) atoms. The molecule has 0 aliphatic carbocycles. The maximum Gasteiger partial charge on any atom is 0.293 e. The van der Waals surface area contributed by atoms with Gasteiger partial charge in [0.15, 0.2) is 5.11 Å². The van der Waals surface area contributed by atoms with Crippen LogP contribution in [0, 0.1) is 10.1 Å². The third-order valence-corrected chi connectivity index (χ3v) is 6.63. The number of thiocarbonyl (C=S) groups is 1. The molecule has 1 saturated heterocycles. The number of hydrogen-bond acceptors (Lipinski definition) is 8. The van der Waals surface area contributed by atoms with Gasteiger partial charge in [-0.2, -0.15) is 0 Å². The lowest BCUT2D eigenvalue weighted by Crippen LogP contribution is -2.34. The van der Waals surface area contributed by atoms with E-state index >= 15 is 0 Å². The van der Waals surface area contributed by atoms with Crippen LogP contribution in [0.5, 0.6) is 5.75 Å². The summed E-state index contributed by atoms with van der Waals surface area (Å²) in [5, 5.41) is 21.6. The molecule has 0 radical (unpaired) electrons. The summed E-state index contributed by atoms with van der Waals surface area (Å²) in [5.41, 5.74) is 1.50. The minimum atomic E-state index is -0.574. The molecule has 2 aromatic carbocycles. The zero-order valence-corrected chi connectivity index (χ0v) is 20.9. The van der Waals surface area contributed by atoms with Gasteiger partial charge in [0, 0.05) is 36.5 Å². The molecule has 1 aliphatic heterocycles. The van der Waals surface area contributed by atoms with Crippen molar-refractivity contribution in [2.24, 2.45) is 0 Å². The predicted molar refractivity (Wildman–Crippen MR) is 143 cm³/mol. The molecular formula is C24H23N5O5S2. The number of carbonyl (C=O) groups is 2. The molecule has 0 unspecified atom stereocenters. The van der Waals surface area contributed by atoms with Crippen molar-refractivity contribution in [1.29, 1.82) is 0 Å². The van der Waals surface area contributed by atoms with Gasteiger partial charge in [0.25, 0.3) is 17.5 Å². The van der Waals surface area contributed by atoms with Gasteiger partial charge in [0.2, 0.25) is 0 Å². The number of nitro groups is 1. The average molecular weight is 526 g/mol. The molecule has 3 N–H and O–H groups in total. The van der Waals surface area contributed by atoms with E-state index in [0.717, 1.165) is 25.9 Å². The molecule has 0 spiro atoms. The van der Waals surface area contributed by atoms with Crippen molar-refractivity contribution in [3.8, 4) is 5.75 Å². The van der Waals surface area contributed by atoms with Gasteiger partial charge in [-0.1, -0.05) is 6.07 Å². The molecule has 10 nitrogen and oxygen atoms in total. The van der Waals surface area contributed by atoms with Crippen LogP contribution in [0.1, 0.15) is 32.9 Å². The molecule has 0 bridgehead atoms. The molecule has 186 valence electrons. The monoisotopic (exact) mass is 525 g/mol. The zero-order valence-electron chi connectivity index (χ0n) is 19.3. The topological polar surface area (TPSA) is 126 Å². The fourth-order valence-electron chi connectivity index (χ4n) is 3.84. The van der Waals surface area contributed by atoms with Crippen LogP contribution in [0.2, 0.25) is 0 Å². The third kappa shape index (κ3) is 5.78. The van der Waals surface area contributed by atoms with Crippen LogP contribution in [0.3, 0.4) is 0 Å². The minimum Gasteiger partial charge on any atom is -0.494 e. The summed E-state index contributed by atoms with van der Waals surface area (Å²) in [5.74, 6) is -0.431. The van der Waals surface area contributed by atoms with Crippen LogP contribution in [0.15, 0.2) is 53.9 Å². The van der Waals surface area contributed by atoms with Gasteiger partial charge in [-0.3, -0.25) is 25.0 Å². The lowest BCUT2D eigenvalue weighted by molar-refractivity contribution is -0.384. The number of nitrogens with zero attached hydrogens (tertiary/aromatic N) is 2.